The Morgan fingerprint density at radius 3 is 2.32 bits per heavy atom. The van der Waals surface area contributed by atoms with Gasteiger partial charge in [0.1, 0.15) is 11.6 Å². The van der Waals surface area contributed by atoms with E-state index in [-0.39, 0.29) is 17.4 Å². The third-order valence-corrected chi connectivity index (χ3v) is 6.63. The number of hydrogen-bond donors (Lipinski definition) is 0. The van der Waals surface area contributed by atoms with Gasteiger partial charge in [0, 0.05) is 30.1 Å². The van der Waals surface area contributed by atoms with Gasteiger partial charge in [-0.2, -0.15) is 13.2 Å². The Morgan fingerprint density at radius 1 is 0.968 bits per heavy atom. The second kappa shape index (κ2) is 9.16. The molecule has 0 atom stereocenters. The lowest BCUT2D eigenvalue weighted by atomic mass is 10.0. The highest BCUT2D eigenvalue weighted by molar-refractivity contribution is 7.99. The molecule has 1 aliphatic rings. The third kappa shape index (κ3) is 5.20. The Labute approximate surface area is 181 Å². The number of hydrogen-bond acceptors (Lipinski definition) is 3. The van der Waals surface area contributed by atoms with E-state index in [9.17, 15) is 22.0 Å². The van der Waals surface area contributed by atoms with E-state index in [4.69, 9.17) is 0 Å². The summed E-state index contributed by atoms with van der Waals surface area (Å²) in [5, 5.41) is 0. The van der Waals surface area contributed by atoms with E-state index in [0.717, 1.165) is 29.7 Å². The van der Waals surface area contributed by atoms with Crippen molar-refractivity contribution in [3.05, 3.63) is 59.9 Å². The van der Waals surface area contributed by atoms with Gasteiger partial charge in [-0.25, -0.2) is 13.8 Å². The van der Waals surface area contributed by atoms with E-state index in [0.29, 0.717) is 31.4 Å². The van der Waals surface area contributed by atoms with E-state index in [1.807, 2.05) is 0 Å². The molecule has 2 aromatic carbocycles. The lowest BCUT2D eigenvalue weighted by molar-refractivity contribution is -0.147. The number of imidazole rings is 1. The summed E-state index contributed by atoms with van der Waals surface area (Å²) >= 11 is 1.66. The number of benzene rings is 2. The van der Waals surface area contributed by atoms with Gasteiger partial charge < -0.3 is 9.47 Å². The molecule has 166 valence electrons. The van der Waals surface area contributed by atoms with Gasteiger partial charge in [0.2, 0.25) is 5.82 Å². The van der Waals surface area contributed by atoms with E-state index < -0.39 is 17.8 Å². The number of piperidine rings is 1. The van der Waals surface area contributed by atoms with Gasteiger partial charge in [-0.3, -0.25) is 0 Å². The summed E-state index contributed by atoms with van der Waals surface area (Å²) in [5.41, 5.74) is 0.357. The van der Waals surface area contributed by atoms with E-state index in [2.05, 4.69) is 9.88 Å². The van der Waals surface area contributed by atoms with Crippen molar-refractivity contribution in [2.45, 2.75) is 36.4 Å². The minimum Gasteiger partial charge on any atom is -0.317 e. The molecule has 0 N–H and O–H groups in total. The fraction of sp³-hybridized carbons (Fsp3) is 0.409. The molecule has 3 nitrogen and oxygen atoms in total. The molecule has 9 heteroatoms. The van der Waals surface area contributed by atoms with Crippen molar-refractivity contribution < 1.29 is 22.0 Å². The molecule has 0 amide bonds. The monoisotopic (exact) mass is 455 g/mol. The van der Waals surface area contributed by atoms with Crippen LogP contribution in [0.2, 0.25) is 0 Å². The number of likely N-dealkylation sites (tertiary alicyclic amines) is 1. The maximum Gasteiger partial charge on any atom is 0.449 e. The van der Waals surface area contributed by atoms with Crippen molar-refractivity contribution in [1.82, 2.24) is 14.5 Å². The zero-order chi connectivity index (χ0) is 22.0. The summed E-state index contributed by atoms with van der Waals surface area (Å²) in [5.74, 6) is -0.917. The van der Waals surface area contributed by atoms with Crippen LogP contribution in [0.3, 0.4) is 0 Å². The van der Waals surface area contributed by atoms with E-state index in [1.54, 1.807) is 23.9 Å². The molecular weight excluding hydrogens is 433 g/mol. The van der Waals surface area contributed by atoms with Crippen LogP contribution in [0.25, 0.3) is 11.0 Å². The lowest BCUT2D eigenvalue weighted by Gasteiger charge is -2.33. The molecule has 1 fully saturated rings. The Kier molecular flexibility index (Phi) is 6.52. The van der Waals surface area contributed by atoms with Crippen molar-refractivity contribution in [1.29, 1.82) is 0 Å². The highest BCUT2D eigenvalue weighted by Gasteiger charge is 2.39. The summed E-state index contributed by atoms with van der Waals surface area (Å²) in [7, 11) is 0. The smallest absolute Gasteiger partial charge is 0.317 e. The van der Waals surface area contributed by atoms with Crippen LogP contribution in [0, 0.1) is 11.6 Å². The van der Waals surface area contributed by atoms with Crippen molar-refractivity contribution in [3.8, 4) is 0 Å². The summed E-state index contributed by atoms with van der Waals surface area (Å²) < 4.78 is 68.4. The third-order valence-electron chi connectivity index (χ3n) is 5.53. The Bertz CT molecular complexity index is 1020. The van der Waals surface area contributed by atoms with Gasteiger partial charge in [0.05, 0.1) is 11.0 Å². The number of rotatable bonds is 6. The standard InChI is InChI=1S/C22H22F5N3S/c23-15-2-5-18(6-3-15)31-13-1-10-29-11-8-17(9-12-29)30-20-7-4-16(24)14-19(20)28-21(30)22(25,26)27/h2-7,14,17H,1,8-13H2. The fourth-order valence-electron chi connectivity index (χ4n) is 4.05. The predicted octanol–water partition coefficient (Wildman–Crippen LogP) is 6.15. The number of aromatic nitrogens is 2. The van der Waals surface area contributed by atoms with Crippen LogP contribution in [-0.4, -0.2) is 39.8 Å². The Hall–Kier alpha value is -2.13. The van der Waals surface area contributed by atoms with Crippen LogP contribution >= 0.6 is 11.8 Å². The topological polar surface area (TPSA) is 21.1 Å². The molecule has 4 rings (SSSR count). The maximum absolute atomic E-state index is 13.6. The van der Waals surface area contributed by atoms with Gasteiger partial charge in [0.15, 0.2) is 0 Å². The number of thioether (sulfide) groups is 1. The molecule has 3 aromatic rings. The van der Waals surface area contributed by atoms with Crippen molar-refractivity contribution in [2.24, 2.45) is 0 Å². The van der Waals surface area contributed by atoms with Crippen molar-refractivity contribution in [2.75, 3.05) is 25.4 Å². The first-order chi connectivity index (χ1) is 14.8. The van der Waals surface area contributed by atoms with Crippen molar-refractivity contribution in [3.63, 3.8) is 0 Å². The van der Waals surface area contributed by atoms with Crippen LogP contribution in [-0.2, 0) is 6.18 Å². The largest absolute Gasteiger partial charge is 0.449 e. The number of nitrogens with zero attached hydrogens (tertiary/aromatic N) is 3. The van der Waals surface area contributed by atoms with E-state index >= 15 is 0 Å². The average Bonchev–Trinajstić information content (AvgIpc) is 3.12. The average molecular weight is 455 g/mol. The molecule has 0 unspecified atom stereocenters. The van der Waals surface area contributed by atoms with E-state index in [1.165, 1.54) is 28.8 Å². The molecule has 0 radical (unpaired) electrons. The molecule has 1 aliphatic heterocycles. The SMILES string of the molecule is Fc1ccc(SCCCN2CCC(n3c(C(F)(F)F)nc4cc(F)ccc43)CC2)cc1. The molecule has 1 saturated heterocycles. The summed E-state index contributed by atoms with van der Waals surface area (Å²) in [6.45, 7) is 2.26. The lowest BCUT2D eigenvalue weighted by Crippen LogP contribution is -2.36. The zero-order valence-corrected chi connectivity index (χ0v) is 17.5. The van der Waals surface area contributed by atoms with Gasteiger partial charge in [-0.1, -0.05) is 0 Å². The number of halogens is 5. The first kappa shape index (κ1) is 22.1. The summed E-state index contributed by atoms with van der Waals surface area (Å²) in [6.07, 6.45) is -2.49. The first-order valence-electron chi connectivity index (χ1n) is 10.2. The molecule has 0 saturated carbocycles. The molecule has 0 aliphatic carbocycles. The predicted molar refractivity (Wildman–Crippen MR) is 111 cm³/mol. The second-order valence-electron chi connectivity index (χ2n) is 7.66. The summed E-state index contributed by atoms with van der Waals surface area (Å²) in [6, 6.07) is 9.68. The Balaban J connectivity index is 1.35. The van der Waals surface area contributed by atoms with Crippen LogP contribution in [0.1, 0.15) is 31.1 Å². The van der Waals surface area contributed by atoms with Gasteiger partial charge in [-0.05, 0) is 68.0 Å². The quantitative estimate of drug-likeness (QED) is 0.253. The minimum atomic E-state index is -4.59. The maximum atomic E-state index is 13.6. The van der Waals surface area contributed by atoms with Crippen LogP contribution in [0.4, 0.5) is 22.0 Å². The normalized spacial score (nSPS) is 16.3. The highest BCUT2D eigenvalue weighted by atomic mass is 32.2. The molecule has 1 aromatic heterocycles. The molecule has 2 heterocycles. The molecule has 0 spiro atoms. The van der Waals surface area contributed by atoms with Gasteiger partial charge in [0.25, 0.3) is 0 Å². The fourth-order valence-corrected chi connectivity index (χ4v) is 4.89. The molecule has 0 bridgehead atoms. The molecular formula is C22H22F5N3S. The summed E-state index contributed by atoms with van der Waals surface area (Å²) in [4.78, 5) is 6.97. The molecule has 31 heavy (non-hydrogen) atoms. The van der Waals surface area contributed by atoms with Gasteiger partial charge in [-0.15, -0.1) is 11.8 Å². The Morgan fingerprint density at radius 2 is 1.65 bits per heavy atom. The number of fused-ring (bicyclic) bond motifs is 1. The van der Waals surface area contributed by atoms with Gasteiger partial charge >= 0.3 is 6.18 Å². The number of alkyl halides is 3. The van der Waals surface area contributed by atoms with Crippen LogP contribution < -0.4 is 0 Å². The zero-order valence-electron chi connectivity index (χ0n) is 16.7. The van der Waals surface area contributed by atoms with Crippen LogP contribution in [0.15, 0.2) is 47.4 Å². The minimum absolute atomic E-state index is 0.0348. The van der Waals surface area contributed by atoms with Crippen LogP contribution in [0.5, 0.6) is 0 Å². The van der Waals surface area contributed by atoms with Crippen molar-refractivity contribution >= 4 is 22.8 Å². The second-order valence-corrected chi connectivity index (χ2v) is 8.83. The first-order valence-corrected chi connectivity index (χ1v) is 11.2. The highest BCUT2D eigenvalue weighted by Crippen LogP contribution is 2.37.